The Bertz CT molecular complexity index is 1390. The number of carbonyl (C=O) groups excluding carboxylic acids is 2. The van der Waals surface area contributed by atoms with E-state index < -0.39 is 5.97 Å². The summed E-state index contributed by atoms with van der Waals surface area (Å²) in [6.45, 7) is 0. The Morgan fingerprint density at radius 1 is 0.818 bits per heavy atom. The first-order valence-electron chi connectivity index (χ1n) is 10.3. The van der Waals surface area contributed by atoms with Crippen LogP contribution in [0.2, 0.25) is 5.02 Å². The van der Waals surface area contributed by atoms with E-state index in [-0.39, 0.29) is 17.3 Å². The van der Waals surface area contributed by atoms with Gasteiger partial charge in [-0.2, -0.15) is 0 Å². The third kappa shape index (κ3) is 4.43. The van der Waals surface area contributed by atoms with Gasteiger partial charge in [0.15, 0.2) is 5.76 Å². The summed E-state index contributed by atoms with van der Waals surface area (Å²) >= 11 is 5.94. The number of benzene rings is 4. The van der Waals surface area contributed by atoms with E-state index in [0.29, 0.717) is 21.9 Å². The number of ether oxygens (including phenoxy) is 2. The van der Waals surface area contributed by atoms with Gasteiger partial charge in [-0.15, -0.1) is 0 Å². The van der Waals surface area contributed by atoms with Crippen molar-refractivity contribution in [3.8, 4) is 22.6 Å². The summed E-state index contributed by atoms with van der Waals surface area (Å²) in [5.41, 5.74) is 3.81. The van der Waals surface area contributed by atoms with E-state index in [4.69, 9.17) is 21.1 Å². The predicted molar refractivity (Wildman–Crippen MR) is 128 cm³/mol. The summed E-state index contributed by atoms with van der Waals surface area (Å²) in [6, 6.07) is 29.1. The van der Waals surface area contributed by atoms with Gasteiger partial charge in [-0.25, -0.2) is 4.79 Å². The molecule has 0 aromatic heterocycles. The van der Waals surface area contributed by atoms with Crippen LogP contribution in [0.5, 0.6) is 11.5 Å². The van der Waals surface area contributed by atoms with E-state index in [0.717, 1.165) is 16.7 Å². The fraction of sp³-hybridized carbons (Fsp3) is 0. The maximum atomic E-state index is 12.8. The molecular weight excluding hydrogens is 436 g/mol. The van der Waals surface area contributed by atoms with Gasteiger partial charge < -0.3 is 9.47 Å². The number of Topliss-reactive ketones (excluding diaryl/α,β-unsaturated/α-hetero) is 1. The van der Waals surface area contributed by atoms with E-state index >= 15 is 0 Å². The Morgan fingerprint density at radius 2 is 1.58 bits per heavy atom. The number of hydrogen-bond donors (Lipinski definition) is 0. The topological polar surface area (TPSA) is 52.6 Å². The molecule has 4 nitrogen and oxygen atoms in total. The first-order chi connectivity index (χ1) is 16.1. The molecule has 1 aliphatic heterocycles. The fourth-order valence-electron chi connectivity index (χ4n) is 3.57. The molecule has 0 fully saturated rings. The summed E-state index contributed by atoms with van der Waals surface area (Å²) in [5, 5.41) is 0.443. The number of halogens is 1. The Labute approximate surface area is 195 Å². The van der Waals surface area contributed by atoms with Crippen molar-refractivity contribution in [2.45, 2.75) is 0 Å². The predicted octanol–water partition coefficient (Wildman–Crippen LogP) is 6.84. The highest BCUT2D eigenvalue weighted by atomic mass is 35.5. The van der Waals surface area contributed by atoms with Crippen LogP contribution in [-0.4, -0.2) is 11.8 Å². The van der Waals surface area contributed by atoms with Crippen molar-refractivity contribution in [2.75, 3.05) is 0 Å². The Kier molecular flexibility index (Phi) is 5.51. The summed E-state index contributed by atoms with van der Waals surface area (Å²) in [4.78, 5) is 25.1. The average Bonchev–Trinajstić information content (AvgIpc) is 3.14. The lowest BCUT2D eigenvalue weighted by molar-refractivity contribution is 0.0734. The molecular formula is C28H17ClO4. The van der Waals surface area contributed by atoms with Crippen LogP contribution in [0, 0.1) is 0 Å². The SMILES string of the molecule is O=C(Oc1ccc2c(c1)O/C(=C\c1ccc(-c3ccccc3)cc1)C2=O)c1cccc(Cl)c1. The second-order valence-corrected chi connectivity index (χ2v) is 7.92. The molecule has 1 aliphatic rings. The highest BCUT2D eigenvalue weighted by molar-refractivity contribution is 6.30. The van der Waals surface area contributed by atoms with Crippen LogP contribution in [0.25, 0.3) is 17.2 Å². The Morgan fingerprint density at radius 3 is 2.33 bits per heavy atom. The maximum Gasteiger partial charge on any atom is 0.343 e. The molecule has 0 amide bonds. The van der Waals surface area contributed by atoms with Crippen molar-refractivity contribution in [1.29, 1.82) is 0 Å². The van der Waals surface area contributed by atoms with Gasteiger partial charge >= 0.3 is 5.97 Å². The van der Waals surface area contributed by atoms with Crippen LogP contribution in [0.3, 0.4) is 0 Å². The standard InChI is InChI=1S/C28H17ClO4/c29-22-8-4-7-21(16-22)28(31)32-23-13-14-24-25(17-23)33-26(27(24)30)15-18-9-11-20(12-10-18)19-5-2-1-3-6-19/h1-17H/b26-15-. The zero-order chi connectivity index (χ0) is 22.8. The average molecular weight is 453 g/mol. The minimum atomic E-state index is -0.545. The molecule has 5 heteroatoms. The van der Waals surface area contributed by atoms with Gasteiger partial charge in [0.05, 0.1) is 11.1 Å². The first-order valence-corrected chi connectivity index (χ1v) is 10.7. The fourth-order valence-corrected chi connectivity index (χ4v) is 3.76. The number of rotatable bonds is 4. The van der Waals surface area contributed by atoms with E-state index in [9.17, 15) is 9.59 Å². The number of ketones is 1. The highest BCUT2D eigenvalue weighted by Crippen LogP contribution is 2.35. The van der Waals surface area contributed by atoms with Crippen LogP contribution >= 0.6 is 11.6 Å². The molecule has 0 saturated heterocycles. The normalized spacial score (nSPS) is 13.5. The molecule has 33 heavy (non-hydrogen) atoms. The summed E-state index contributed by atoms with van der Waals surface area (Å²) in [7, 11) is 0. The monoisotopic (exact) mass is 452 g/mol. The van der Waals surface area contributed by atoms with Crippen LogP contribution in [0.1, 0.15) is 26.3 Å². The van der Waals surface area contributed by atoms with Gasteiger partial charge in [0, 0.05) is 11.1 Å². The zero-order valence-electron chi connectivity index (χ0n) is 17.3. The highest BCUT2D eigenvalue weighted by Gasteiger charge is 2.28. The maximum absolute atomic E-state index is 12.8. The van der Waals surface area contributed by atoms with Crippen LogP contribution < -0.4 is 9.47 Å². The molecule has 0 radical (unpaired) electrons. The summed E-state index contributed by atoms with van der Waals surface area (Å²) < 4.78 is 11.2. The number of allylic oxidation sites excluding steroid dienone is 1. The largest absolute Gasteiger partial charge is 0.452 e. The number of esters is 1. The third-order valence-electron chi connectivity index (χ3n) is 5.23. The molecule has 4 aromatic rings. The van der Waals surface area contributed by atoms with Crippen molar-refractivity contribution in [1.82, 2.24) is 0 Å². The van der Waals surface area contributed by atoms with Crippen molar-refractivity contribution in [2.24, 2.45) is 0 Å². The lowest BCUT2D eigenvalue weighted by Crippen LogP contribution is -2.08. The Balaban J connectivity index is 1.33. The van der Waals surface area contributed by atoms with Gasteiger partial charge in [-0.1, -0.05) is 72.3 Å². The van der Waals surface area contributed by atoms with Gasteiger partial charge in [0.2, 0.25) is 5.78 Å². The number of carbonyl (C=O) groups is 2. The van der Waals surface area contributed by atoms with Crippen molar-refractivity contribution in [3.05, 3.63) is 125 Å². The second kappa shape index (κ2) is 8.77. The Hall–Kier alpha value is -4.15. The number of hydrogen-bond acceptors (Lipinski definition) is 4. The molecule has 0 N–H and O–H groups in total. The minimum Gasteiger partial charge on any atom is -0.452 e. The number of fused-ring (bicyclic) bond motifs is 1. The van der Waals surface area contributed by atoms with Crippen molar-refractivity contribution >= 4 is 29.4 Å². The quantitative estimate of drug-likeness (QED) is 0.193. The second-order valence-electron chi connectivity index (χ2n) is 7.49. The molecule has 0 atom stereocenters. The lowest BCUT2D eigenvalue weighted by Gasteiger charge is -2.06. The lowest BCUT2D eigenvalue weighted by atomic mass is 10.0. The molecule has 0 unspecified atom stereocenters. The molecule has 0 spiro atoms. The molecule has 0 saturated carbocycles. The zero-order valence-corrected chi connectivity index (χ0v) is 18.1. The van der Waals surface area contributed by atoms with Crippen LogP contribution in [0.4, 0.5) is 0 Å². The molecule has 160 valence electrons. The van der Waals surface area contributed by atoms with Gasteiger partial charge in [0.1, 0.15) is 11.5 Å². The third-order valence-corrected chi connectivity index (χ3v) is 5.46. The van der Waals surface area contributed by atoms with Gasteiger partial charge in [-0.3, -0.25) is 4.79 Å². The molecule has 1 heterocycles. The van der Waals surface area contributed by atoms with Crippen molar-refractivity contribution < 1.29 is 19.1 Å². The summed E-state index contributed by atoms with van der Waals surface area (Å²) in [5.74, 6) is 0.0835. The van der Waals surface area contributed by atoms with E-state index in [1.54, 1.807) is 36.4 Å². The van der Waals surface area contributed by atoms with Gasteiger partial charge in [0.25, 0.3) is 0 Å². The molecule has 4 aromatic carbocycles. The van der Waals surface area contributed by atoms with Gasteiger partial charge in [-0.05, 0) is 53.1 Å². The van der Waals surface area contributed by atoms with Crippen molar-refractivity contribution in [3.63, 3.8) is 0 Å². The molecule has 0 bridgehead atoms. The van der Waals surface area contributed by atoms with E-state index in [1.165, 1.54) is 12.1 Å². The molecule has 5 rings (SSSR count). The molecule has 0 aliphatic carbocycles. The minimum absolute atomic E-state index is 0.218. The summed E-state index contributed by atoms with van der Waals surface area (Å²) in [6.07, 6.45) is 1.70. The van der Waals surface area contributed by atoms with Crippen LogP contribution in [0.15, 0.2) is 103 Å². The first kappa shape index (κ1) is 20.7. The van der Waals surface area contributed by atoms with E-state index in [1.807, 2.05) is 54.6 Å². The smallest absolute Gasteiger partial charge is 0.343 e. The van der Waals surface area contributed by atoms with Crippen LogP contribution in [-0.2, 0) is 0 Å². The van der Waals surface area contributed by atoms with E-state index in [2.05, 4.69) is 0 Å².